The highest BCUT2D eigenvalue weighted by molar-refractivity contribution is 5.93. The van der Waals surface area contributed by atoms with Crippen molar-refractivity contribution in [2.75, 3.05) is 5.32 Å². The highest BCUT2D eigenvalue weighted by Crippen LogP contribution is 2.28. The zero-order chi connectivity index (χ0) is 16.3. The number of nitrogens with two attached hydrogens (primary N) is 1. The summed E-state index contributed by atoms with van der Waals surface area (Å²) in [6.07, 6.45) is 6.68. The van der Waals surface area contributed by atoms with Crippen LogP contribution in [0.3, 0.4) is 0 Å². The van der Waals surface area contributed by atoms with E-state index in [9.17, 15) is 9.59 Å². The highest BCUT2D eigenvalue weighted by Gasteiger charge is 2.36. The third-order valence-corrected chi connectivity index (χ3v) is 5.07. The standard InChI is InChI=1S/C18H25N3O2/c19-18(9-1-2-10-18)17(23)20-12-13-5-3-8-15(11-13)21-16(22)14-6-4-7-14/h3,5,8,11,14H,1-2,4,6-7,9-10,12,19H2,(H,20,23)(H,21,22). The molecule has 0 aliphatic heterocycles. The zero-order valence-electron chi connectivity index (χ0n) is 13.4. The molecule has 0 bridgehead atoms. The fourth-order valence-electron chi connectivity index (χ4n) is 3.27. The molecule has 0 heterocycles. The molecule has 1 aromatic rings. The van der Waals surface area contributed by atoms with E-state index >= 15 is 0 Å². The number of amides is 2. The van der Waals surface area contributed by atoms with E-state index in [0.717, 1.165) is 56.2 Å². The van der Waals surface area contributed by atoms with Crippen LogP contribution in [0.15, 0.2) is 24.3 Å². The van der Waals surface area contributed by atoms with Crippen LogP contribution in [0.4, 0.5) is 5.69 Å². The molecule has 1 aromatic carbocycles. The van der Waals surface area contributed by atoms with E-state index in [0.29, 0.717) is 6.54 Å². The summed E-state index contributed by atoms with van der Waals surface area (Å²) in [5.41, 5.74) is 7.20. The first-order valence-electron chi connectivity index (χ1n) is 8.54. The van der Waals surface area contributed by atoms with Gasteiger partial charge in [0.15, 0.2) is 0 Å². The summed E-state index contributed by atoms with van der Waals surface area (Å²) in [7, 11) is 0. The van der Waals surface area contributed by atoms with Gasteiger partial charge in [0.1, 0.15) is 0 Å². The van der Waals surface area contributed by atoms with Crippen LogP contribution in [-0.4, -0.2) is 17.4 Å². The molecule has 2 aliphatic carbocycles. The van der Waals surface area contributed by atoms with Crippen LogP contribution in [0.25, 0.3) is 0 Å². The fourth-order valence-corrected chi connectivity index (χ4v) is 3.27. The maximum absolute atomic E-state index is 12.2. The number of rotatable bonds is 5. The Morgan fingerprint density at radius 2 is 1.91 bits per heavy atom. The second-order valence-electron chi connectivity index (χ2n) is 6.86. The zero-order valence-corrected chi connectivity index (χ0v) is 13.4. The normalized spacial score (nSPS) is 19.9. The van der Waals surface area contributed by atoms with Gasteiger partial charge in [0.25, 0.3) is 0 Å². The van der Waals surface area contributed by atoms with E-state index in [-0.39, 0.29) is 17.7 Å². The van der Waals surface area contributed by atoms with Crippen molar-refractivity contribution in [1.82, 2.24) is 5.32 Å². The lowest BCUT2D eigenvalue weighted by atomic mass is 9.85. The van der Waals surface area contributed by atoms with Gasteiger partial charge in [-0.1, -0.05) is 31.4 Å². The maximum Gasteiger partial charge on any atom is 0.240 e. The van der Waals surface area contributed by atoms with Gasteiger partial charge in [0.2, 0.25) is 11.8 Å². The minimum absolute atomic E-state index is 0.0705. The van der Waals surface area contributed by atoms with Crippen molar-refractivity contribution in [3.8, 4) is 0 Å². The largest absolute Gasteiger partial charge is 0.350 e. The molecule has 2 aliphatic rings. The van der Waals surface area contributed by atoms with Crippen LogP contribution < -0.4 is 16.4 Å². The van der Waals surface area contributed by atoms with Crippen molar-refractivity contribution in [1.29, 1.82) is 0 Å². The molecular formula is C18H25N3O2. The molecule has 2 fully saturated rings. The van der Waals surface area contributed by atoms with Gasteiger partial charge in [-0.25, -0.2) is 0 Å². The predicted octanol–water partition coefficient (Wildman–Crippen LogP) is 2.31. The third kappa shape index (κ3) is 3.72. The Balaban J connectivity index is 1.54. The van der Waals surface area contributed by atoms with Crippen molar-refractivity contribution < 1.29 is 9.59 Å². The van der Waals surface area contributed by atoms with Crippen LogP contribution in [-0.2, 0) is 16.1 Å². The topological polar surface area (TPSA) is 84.2 Å². The second-order valence-corrected chi connectivity index (χ2v) is 6.86. The van der Waals surface area contributed by atoms with Crippen LogP contribution in [0.5, 0.6) is 0 Å². The van der Waals surface area contributed by atoms with Gasteiger partial charge in [0, 0.05) is 18.2 Å². The molecule has 5 heteroatoms. The van der Waals surface area contributed by atoms with Gasteiger partial charge in [-0.2, -0.15) is 0 Å². The number of hydrogen-bond donors (Lipinski definition) is 3. The van der Waals surface area contributed by atoms with Crippen molar-refractivity contribution in [3.63, 3.8) is 0 Å². The Labute approximate surface area is 137 Å². The van der Waals surface area contributed by atoms with Gasteiger partial charge in [-0.05, 0) is 43.4 Å². The lowest BCUT2D eigenvalue weighted by Gasteiger charge is -2.24. The quantitative estimate of drug-likeness (QED) is 0.779. The Morgan fingerprint density at radius 1 is 1.17 bits per heavy atom. The van der Waals surface area contributed by atoms with Crippen LogP contribution in [0, 0.1) is 5.92 Å². The molecule has 4 N–H and O–H groups in total. The van der Waals surface area contributed by atoms with Crippen LogP contribution >= 0.6 is 0 Å². The molecule has 2 amide bonds. The number of nitrogens with one attached hydrogen (secondary N) is 2. The summed E-state index contributed by atoms with van der Waals surface area (Å²) in [5, 5.41) is 5.89. The van der Waals surface area contributed by atoms with Crippen molar-refractivity contribution in [2.45, 2.75) is 57.0 Å². The Hall–Kier alpha value is -1.88. The van der Waals surface area contributed by atoms with E-state index in [1.165, 1.54) is 0 Å². The Bertz CT molecular complexity index is 590. The second kappa shape index (κ2) is 6.71. The van der Waals surface area contributed by atoms with Gasteiger partial charge in [-0.15, -0.1) is 0 Å². The number of carbonyl (C=O) groups is 2. The first kappa shape index (κ1) is 16.0. The van der Waals surface area contributed by atoms with Crippen molar-refractivity contribution in [2.24, 2.45) is 11.7 Å². The van der Waals surface area contributed by atoms with Gasteiger partial charge in [0.05, 0.1) is 5.54 Å². The SMILES string of the molecule is NC1(C(=O)NCc2cccc(NC(=O)C3CCC3)c2)CCCC1. The summed E-state index contributed by atoms with van der Waals surface area (Å²) < 4.78 is 0. The number of benzene rings is 1. The average Bonchev–Trinajstić information content (AvgIpc) is 2.91. The van der Waals surface area contributed by atoms with E-state index < -0.39 is 5.54 Å². The van der Waals surface area contributed by atoms with Gasteiger partial charge < -0.3 is 16.4 Å². The lowest BCUT2D eigenvalue weighted by molar-refractivity contribution is -0.126. The monoisotopic (exact) mass is 315 g/mol. The third-order valence-electron chi connectivity index (χ3n) is 5.07. The average molecular weight is 315 g/mol. The summed E-state index contributed by atoms with van der Waals surface area (Å²) in [6, 6.07) is 7.63. The summed E-state index contributed by atoms with van der Waals surface area (Å²) >= 11 is 0. The number of carbonyl (C=O) groups excluding carboxylic acids is 2. The molecule has 0 spiro atoms. The highest BCUT2D eigenvalue weighted by atomic mass is 16.2. The molecule has 0 aromatic heterocycles. The predicted molar refractivity (Wildman–Crippen MR) is 89.6 cm³/mol. The molecule has 0 unspecified atom stereocenters. The summed E-state index contributed by atoms with van der Waals surface area (Å²) in [4.78, 5) is 24.2. The molecule has 5 nitrogen and oxygen atoms in total. The fraction of sp³-hybridized carbons (Fsp3) is 0.556. The minimum Gasteiger partial charge on any atom is -0.350 e. The molecule has 2 saturated carbocycles. The maximum atomic E-state index is 12.2. The molecule has 124 valence electrons. The smallest absolute Gasteiger partial charge is 0.240 e. The van der Waals surface area contributed by atoms with Crippen LogP contribution in [0.2, 0.25) is 0 Å². The Kier molecular flexibility index (Phi) is 4.66. The summed E-state index contributed by atoms with van der Waals surface area (Å²) in [6.45, 7) is 0.435. The number of hydrogen-bond acceptors (Lipinski definition) is 3. The van der Waals surface area contributed by atoms with E-state index in [4.69, 9.17) is 5.73 Å². The van der Waals surface area contributed by atoms with E-state index in [1.807, 2.05) is 24.3 Å². The van der Waals surface area contributed by atoms with E-state index in [2.05, 4.69) is 10.6 Å². The first-order chi connectivity index (χ1) is 11.1. The minimum atomic E-state index is -0.698. The van der Waals surface area contributed by atoms with Crippen molar-refractivity contribution >= 4 is 17.5 Å². The van der Waals surface area contributed by atoms with Crippen LogP contribution in [0.1, 0.15) is 50.5 Å². The molecule has 23 heavy (non-hydrogen) atoms. The molecule has 0 atom stereocenters. The summed E-state index contributed by atoms with van der Waals surface area (Å²) in [5.74, 6) is 0.195. The van der Waals surface area contributed by atoms with Gasteiger partial charge in [-0.3, -0.25) is 9.59 Å². The molecule has 0 saturated heterocycles. The molecule has 0 radical (unpaired) electrons. The molecule has 3 rings (SSSR count). The Morgan fingerprint density at radius 3 is 2.57 bits per heavy atom. The van der Waals surface area contributed by atoms with Crippen molar-refractivity contribution in [3.05, 3.63) is 29.8 Å². The molecular weight excluding hydrogens is 290 g/mol. The van der Waals surface area contributed by atoms with Gasteiger partial charge >= 0.3 is 0 Å². The first-order valence-corrected chi connectivity index (χ1v) is 8.54. The van der Waals surface area contributed by atoms with E-state index in [1.54, 1.807) is 0 Å². The number of anilines is 1. The lowest BCUT2D eigenvalue weighted by Crippen LogP contribution is -2.51.